The van der Waals surface area contributed by atoms with E-state index in [4.69, 9.17) is 11.6 Å². The monoisotopic (exact) mass is 254 g/mol. The molecule has 0 aliphatic carbocycles. The summed E-state index contributed by atoms with van der Waals surface area (Å²) in [4.78, 5) is 21.3. The second-order valence-electron chi connectivity index (χ2n) is 4.25. The summed E-state index contributed by atoms with van der Waals surface area (Å²) in [5.74, 6) is 0.868. The van der Waals surface area contributed by atoms with Gasteiger partial charge in [-0.25, -0.2) is 9.97 Å². The molecule has 0 bridgehead atoms. The smallest absolute Gasteiger partial charge is 0.217 e. The molecule has 6 heteroatoms. The van der Waals surface area contributed by atoms with Gasteiger partial charge < -0.3 is 10.2 Å². The lowest BCUT2D eigenvalue weighted by atomic mass is 10.2. The molecule has 0 aromatic carbocycles. The number of carbonyl (C=O) groups is 1. The second-order valence-corrected chi connectivity index (χ2v) is 4.60. The maximum Gasteiger partial charge on any atom is 0.217 e. The predicted octanol–water partition coefficient (Wildman–Crippen LogP) is 1.15. The summed E-state index contributed by atoms with van der Waals surface area (Å²) in [6.07, 6.45) is 2.40. The Morgan fingerprint density at radius 1 is 1.59 bits per heavy atom. The standard InChI is InChI=1S/C11H15ClN4O/c1-7-10(12)13-6-14-11(7)16-4-3-9(5-16)15-8(2)17/h6,9H,3-5H2,1-2H3,(H,15,17). The third kappa shape index (κ3) is 2.66. The van der Waals surface area contributed by atoms with Crippen molar-refractivity contribution < 1.29 is 4.79 Å². The zero-order valence-electron chi connectivity index (χ0n) is 9.90. The highest BCUT2D eigenvalue weighted by Gasteiger charge is 2.25. The third-order valence-corrected chi connectivity index (χ3v) is 3.27. The summed E-state index contributed by atoms with van der Waals surface area (Å²) in [7, 11) is 0. The zero-order valence-corrected chi connectivity index (χ0v) is 10.7. The van der Waals surface area contributed by atoms with E-state index < -0.39 is 0 Å². The van der Waals surface area contributed by atoms with Gasteiger partial charge in [0.25, 0.3) is 0 Å². The summed E-state index contributed by atoms with van der Waals surface area (Å²) in [6.45, 7) is 5.09. The maximum absolute atomic E-state index is 11.0. The van der Waals surface area contributed by atoms with Crippen LogP contribution < -0.4 is 10.2 Å². The van der Waals surface area contributed by atoms with E-state index in [0.717, 1.165) is 30.9 Å². The molecule has 1 aromatic heterocycles. The number of amides is 1. The summed E-state index contributed by atoms with van der Waals surface area (Å²) in [6, 6.07) is 0.195. The van der Waals surface area contributed by atoms with E-state index in [1.165, 1.54) is 13.3 Å². The first-order valence-corrected chi connectivity index (χ1v) is 5.95. The number of nitrogens with zero attached hydrogens (tertiary/aromatic N) is 3. The molecule has 92 valence electrons. The number of anilines is 1. The minimum Gasteiger partial charge on any atom is -0.354 e. The van der Waals surface area contributed by atoms with Crippen LogP contribution >= 0.6 is 11.6 Å². The average Bonchev–Trinajstić information content (AvgIpc) is 2.69. The molecule has 1 saturated heterocycles. The Morgan fingerprint density at radius 2 is 2.35 bits per heavy atom. The lowest BCUT2D eigenvalue weighted by Gasteiger charge is -2.19. The molecule has 0 saturated carbocycles. The summed E-state index contributed by atoms with van der Waals surface area (Å²) in [5, 5.41) is 3.40. The van der Waals surface area contributed by atoms with Gasteiger partial charge in [-0.2, -0.15) is 0 Å². The van der Waals surface area contributed by atoms with Crippen LogP contribution in [0.25, 0.3) is 0 Å². The van der Waals surface area contributed by atoms with Crippen molar-refractivity contribution in [3.05, 3.63) is 17.0 Å². The van der Waals surface area contributed by atoms with Crippen LogP contribution in [-0.2, 0) is 4.79 Å². The van der Waals surface area contributed by atoms with Crippen LogP contribution in [0.3, 0.4) is 0 Å². The molecule has 1 aromatic rings. The molecule has 0 spiro atoms. The molecule has 1 unspecified atom stereocenters. The van der Waals surface area contributed by atoms with E-state index in [1.54, 1.807) is 0 Å². The fourth-order valence-electron chi connectivity index (χ4n) is 2.10. The van der Waals surface area contributed by atoms with Crippen molar-refractivity contribution in [1.29, 1.82) is 0 Å². The molecule has 1 fully saturated rings. The quantitative estimate of drug-likeness (QED) is 0.805. The Morgan fingerprint density at radius 3 is 3.06 bits per heavy atom. The van der Waals surface area contributed by atoms with Gasteiger partial charge in [0.15, 0.2) is 0 Å². The number of hydrogen-bond donors (Lipinski definition) is 1. The molecule has 17 heavy (non-hydrogen) atoms. The van der Waals surface area contributed by atoms with Crippen LogP contribution in [0, 0.1) is 6.92 Å². The Balaban J connectivity index is 2.10. The average molecular weight is 255 g/mol. The molecule has 2 rings (SSSR count). The van der Waals surface area contributed by atoms with Crippen LogP contribution in [0.15, 0.2) is 6.33 Å². The fraction of sp³-hybridized carbons (Fsp3) is 0.545. The Kier molecular flexibility index (Phi) is 3.47. The highest BCUT2D eigenvalue weighted by Crippen LogP contribution is 2.25. The lowest BCUT2D eigenvalue weighted by molar-refractivity contribution is -0.119. The third-order valence-electron chi connectivity index (χ3n) is 2.89. The number of aromatic nitrogens is 2. The van der Waals surface area contributed by atoms with E-state index >= 15 is 0 Å². The van der Waals surface area contributed by atoms with Crippen molar-refractivity contribution >= 4 is 23.3 Å². The predicted molar refractivity (Wildman–Crippen MR) is 66.2 cm³/mol. The first kappa shape index (κ1) is 12.1. The summed E-state index contributed by atoms with van der Waals surface area (Å²) < 4.78 is 0. The van der Waals surface area contributed by atoms with E-state index in [1.807, 2.05) is 6.92 Å². The molecule has 1 amide bonds. The number of nitrogens with one attached hydrogen (secondary N) is 1. The first-order chi connectivity index (χ1) is 8.08. The van der Waals surface area contributed by atoms with Crippen LogP contribution in [0.5, 0.6) is 0 Å². The fourth-order valence-corrected chi connectivity index (χ4v) is 2.23. The zero-order chi connectivity index (χ0) is 12.4. The molecule has 0 radical (unpaired) electrons. The Hall–Kier alpha value is -1.36. The highest BCUT2D eigenvalue weighted by atomic mass is 35.5. The van der Waals surface area contributed by atoms with Gasteiger partial charge in [-0.3, -0.25) is 4.79 Å². The minimum absolute atomic E-state index is 0.00860. The van der Waals surface area contributed by atoms with Gasteiger partial charge in [-0.15, -0.1) is 0 Å². The van der Waals surface area contributed by atoms with E-state index in [-0.39, 0.29) is 11.9 Å². The summed E-state index contributed by atoms with van der Waals surface area (Å²) >= 11 is 5.97. The van der Waals surface area contributed by atoms with E-state index in [0.29, 0.717) is 5.15 Å². The van der Waals surface area contributed by atoms with Crippen LogP contribution in [0.2, 0.25) is 5.15 Å². The van der Waals surface area contributed by atoms with Crippen LogP contribution in [0.4, 0.5) is 5.82 Å². The number of hydrogen-bond acceptors (Lipinski definition) is 4. The van der Waals surface area contributed by atoms with Crippen LogP contribution in [0.1, 0.15) is 18.9 Å². The summed E-state index contributed by atoms with van der Waals surface area (Å²) in [5.41, 5.74) is 0.887. The van der Waals surface area contributed by atoms with Crippen molar-refractivity contribution in [2.24, 2.45) is 0 Å². The van der Waals surface area contributed by atoms with E-state index in [2.05, 4.69) is 20.2 Å². The van der Waals surface area contributed by atoms with Crippen LogP contribution in [-0.4, -0.2) is 35.0 Å². The first-order valence-electron chi connectivity index (χ1n) is 5.57. The van der Waals surface area contributed by atoms with Crippen molar-refractivity contribution in [3.8, 4) is 0 Å². The number of carbonyl (C=O) groups excluding carboxylic acids is 1. The van der Waals surface area contributed by atoms with E-state index in [9.17, 15) is 4.79 Å². The SMILES string of the molecule is CC(=O)NC1CCN(c2ncnc(Cl)c2C)C1. The molecule has 5 nitrogen and oxygen atoms in total. The largest absolute Gasteiger partial charge is 0.354 e. The molecular formula is C11H15ClN4O. The molecule has 1 atom stereocenters. The van der Waals surface area contributed by atoms with Crippen molar-refractivity contribution in [2.75, 3.05) is 18.0 Å². The molecule has 1 aliphatic heterocycles. The highest BCUT2D eigenvalue weighted by molar-refractivity contribution is 6.30. The van der Waals surface area contributed by atoms with Gasteiger partial charge in [-0.1, -0.05) is 11.6 Å². The van der Waals surface area contributed by atoms with Crippen molar-refractivity contribution in [1.82, 2.24) is 15.3 Å². The Bertz CT molecular complexity index is 437. The van der Waals surface area contributed by atoms with Crippen molar-refractivity contribution in [2.45, 2.75) is 26.3 Å². The van der Waals surface area contributed by atoms with Crippen molar-refractivity contribution in [3.63, 3.8) is 0 Å². The minimum atomic E-state index is 0.00860. The van der Waals surface area contributed by atoms with Gasteiger partial charge in [-0.05, 0) is 13.3 Å². The number of rotatable bonds is 2. The maximum atomic E-state index is 11.0. The van der Waals surface area contributed by atoms with Gasteiger partial charge in [0.05, 0.1) is 0 Å². The molecule has 1 aliphatic rings. The van der Waals surface area contributed by atoms with Gasteiger partial charge in [0.1, 0.15) is 17.3 Å². The Labute approximate surface area is 105 Å². The molecular weight excluding hydrogens is 240 g/mol. The second kappa shape index (κ2) is 4.87. The lowest BCUT2D eigenvalue weighted by Crippen LogP contribution is -2.35. The molecule has 1 N–H and O–H groups in total. The van der Waals surface area contributed by atoms with Gasteiger partial charge in [0.2, 0.25) is 5.91 Å². The number of halogens is 1. The molecule has 2 heterocycles. The van der Waals surface area contributed by atoms with Gasteiger partial charge >= 0.3 is 0 Å². The topological polar surface area (TPSA) is 58.1 Å². The van der Waals surface area contributed by atoms with Gasteiger partial charge in [0, 0.05) is 31.6 Å². The normalized spacial score (nSPS) is 19.5.